The fourth-order valence-corrected chi connectivity index (χ4v) is 0.914. The first-order valence-electron chi connectivity index (χ1n) is 4.25. The molecule has 0 aliphatic carbocycles. The smallest absolute Gasteiger partial charge is 0.349 e. The Labute approximate surface area is 80.9 Å². The Morgan fingerprint density at radius 2 is 2.21 bits per heavy atom. The number of rotatable bonds is 4. The molecule has 1 aromatic heterocycles. The third-order valence-electron chi connectivity index (χ3n) is 1.45. The molecule has 1 heterocycles. The highest BCUT2D eigenvalue weighted by molar-refractivity contribution is 5.96. The van der Waals surface area contributed by atoms with Crippen LogP contribution in [0, 0.1) is 0 Å². The minimum atomic E-state index is -0.588. The van der Waals surface area contributed by atoms with Crippen molar-refractivity contribution in [3.05, 3.63) is 5.56 Å². The van der Waals surface area contributed by atoms with Crippen molar-refractivity contribution in [2.24, 2.45) is 0 Å². The standard InChI is InChI=1S/C8H12N2O4/c1-3-12-7-5(6(9)14-10-7)8(11)13-4-2/h3-4,9H2,1-2H3. The van der Waals surface area contributed by atoms with Gasteiger partial charge in [-0.2, -0.15) is 0 Å². The minimum Gasteiger partial charge on any atom is -0.475 e. The van der Waals surface area contributed by atoms with E-state index in [1.807, 2.05) is 0 Å². The first-order chi connectivity index (χ1) is 6.70. The number of carbonyl (C=O) groups excluding carboxylic acids is 1. The lowest BCUT2D eigenvalue weighted by Gasteiger charge is -2.01. The SMILES string of the molecule is CCOC(=O)c1c(OCC)noc1N. The number of aromatic nitrogens is 1. The number of hydrogen-bond donors (Lipinski definition) is 1. The van der Waals surface area contributed by atoms with Crippen LogP contribution in [0.4, 0.5) is 5.88 Å². The summed E-state index contributed by atoms with van der Waals surface area (Å²) in [6.45, 7) is 4.09. The Balaban J connectivity index is 2.92. The van der Waals surface area contributed by atoms with E-state index in [1.165, 1.54) is 0 Å². The maximum Gasteiger partial charge on any atom is 0.349 e. The summed E-state index contributed by atoms with van der Waals surface area (Å²) in [7, 11) is 0. The molecule has 1 rings (SSSR count). The molecule has 0 radical (unpaired) electrons. The van der Waals surface area contributed by atoms with E-state index in [2.05, 4.69) is 9.68 Å². The highest BCUT2D eigenvalue weighted by Gasteiger charge is 2.23. The van der Waals surface area contributed by atoms with Gasteiger partial charge in [0.2, 0.25) is 5.88 Å². The summed E-state index contributed by atoms with van der Waals surface area (Å²) in [4.78, 5) is 11.3. The van der Waals surface area contributed by atoms with Gasteiger partial charge in [0.05, 0.1) is 13.2 Å². The van der Waals surface area contributed by atoms with E-state index < -0.39 is 5.97 Å². The first kappa shape index (κ1) is 10.4. The minimum absolute atomic E-state index is 0.0497. The summed E-state index contributed by atoms with van der Waals surface area (Å²) in [6, 6.07) is 0. The maximum absolute atomic E-state index is 11.3. The van der Waals surface area contributed by atoms with Gasteiger partial charge in [-0.25, -0.2) is 4.79 Å². The topological polar surface area (TPSA) is 87.6 Å². The second-order valence-corrected chi connectivity index (χ2v) is 2.38. The van der Waals surface area contributed by atoms with Gasteiger partial charge in [0, 0.05) is 0 Å². The third kappa shape index (κ3) is 1.95. The van der Waals surface area contributed by atoms with Crippen LogP contribution >= 0.6 is 0 Å². The lowest BCUT2D eigenvalue weighted by molar-refractivity contribution is 0.0523. The molecule has 1 aromatic rings. The van der Waals surface area contributed by atoms with Crippen molar-refractivity contribution in [1.29, 1.82) is 0 Å². The highest BCUT2D eigenvalue weighted by atomic mass is 16.6. The highest BCUT2D eigenvalue weighted by Crippen LogP contribution is 2.24. The Morgan fingerprint density at radius 1 is 1.50 bits per heavy atom. The van der Waals surface area contributed by atoms with Crippen molar-refractivity contribution in [1.82, 2.24) is 5.16 Å². The molecule has 0 saturated heterocycles. The molecular formula is C8H12N2O4. The zero-order valence-electron chi connectivity index (χ0n) is 8.07. The summed E-state index contributed by atoms with van der Waals surface area (Å²) in [5.41, 5.74) is 5.44. The van der Waals surface area contributed by atoms with Gasteiger partial charge in [0.1, 0.15) is 0 Å². The Kier molecular flexibility index (Phi) is 3.33. The number of nitrogen functional groups attached to an aromatic ring is 1. The second kappa shape index (κ2) is 4.50. The van der Waals surface area contributed by atoms with Gasteiger partial charge >= 0.3 is 5.97 Å². The van der Waals surface area contributed by atoms with Gasteiger partial charge in [-0.1, -0.05) is 0 Å². The van der Waals surface area contributed by atoms with E-state index >= 15 is 0 Å². The molecule has 0 amide bonds. The molecule has 14 heavy (non-hydrogen) atoms. The number of hydrogen-bond acceptors (Lipinski definition) is 6. The lowest BCUT2D eigenvalue weighted by Crippen LogP contribution is -2.08. The summed E-state index contributed by atoms with van der Waals surface area (Å²) >= 11 is 0. The van der Waals surface area contributed by atoms with E-state index in [-0.39, 0.29) is 23.9 Å². The number of carbonyl (C=O) groups is 1. The van der Waals surface area contributed by atoms with Crippen molar-refractivity contribution in [2.75, 3.05) is 18.9 Å². The zero-order valence-corrected chi connectivity index (χ0v) is 8.07. The summed E-state index contributed by atoms with van der Waals surface area (Å²) in [6.07, 6.45) is 0. The van der Waals surface area contributed by atoms with Gasteiger partial charge in [-0.3, -0.25) is 0 Å². The molecule has 2 N–H and O–H groups in total. The van der Waals surface area contributed by atoms with E-state index in [0.29, 0.717) is 6.61 Å². The van der Waals surface area contributed by atoms with Crippen LogP contribution in [0.15, 0.2) is 4.52 Å². The van der Waals surface area contributed by atoms with E-state index in [9.17, 15) is 4.79 Å². The van der Waals surface area contributed by atoms with Crippen LogP contribution in [-0.2, 0) is 4.74 Å². The van der Waals surface area contributed by atoms with Gasteiger partial charge in [0.15, 0.2) is 5.56 Å². The molecule has 0 aromatic carbocycles. The predicted octanol–water partition coefficient (Wildman–Crippen LogP) is 0.832. The molecule has 0 spiro atoms. The zero-order chi connectivity index (χ0) is 10.6. The van der Waals surface area contributed by atoms with Crippen LogP contribution in [0.5, 0.6) is 5.88 Å². The molecule has 0 aliphatic rings. The lowest BCUT2D eigenvalue weighted by atomic mass is 10.3. The molecule has 6 nitrogen and oxygen atoms in total. The van der Waals surface area contributed by atoms with Crippen LogP contribution < -0.4 is 10.5 Å². The van der Waals surface area contributed by atoms with Crippen LogP contribution in [0.2, 0.25) is 0 Å². The fraction of sp³-hybridized carbons (Fsp3) is 0.500. The van der Waals surface area contributed by atoms with E-state index in [0.717, 1.165) is 0 Å². The predicted molar refractivity (Wildman–Crippen MR) is 48.0 cm³/mol. The molecule has 0 fully saturated rings. The molecule has 6 heteroatoms. The number of anilines is 1. The van der Waals surface area contributed by atoms with Crippen molar-refractivity contribution in [2.45, 2.75) is 13.8 Å². The van der Waals surface area contributed by atoms with Crippen molar-refractivity contribution in [3.63, 3.8) is 0 Å². The van der Waals surface area contributed by atoms with Gasteiger partial charge in [-0.15, -0.1) is 0 Å². The second-order valence-electron chi connectivity index (χ2n) is 2.38. The molecular weight excluding hydrogens is 188 g/mol. The fourth-order valence-electron chi connectivity index (χ4n) is 0.914. The number of ether oxygens (including phenoxy) is 2. The number of nitrogens with zero attached hydrogens (tertiary/aromatic N) is 1. The average Bonchev–Trinajstić information content (AvgIpc) is 2.48. The summed E-state index contributed by atoms with van der Waals surface area (Å²) < 4.78 is 14.4. The van der Waals surface area contributed by atoms with E-state index in [1.54, 1.807) is 13.8 Å². The van der Waals surface area contributed by atoms with Crippen LogP contribution in [0.25, 0.3) is 0 Å². The van der Waals surface area contributed by atoms with Crippen LogP contribution in [0.3, 0.4) is 0 Å². The largest absolute Gasteiger partial charge is 0.475 e. The number of esters is 1. The normalized spacial score (nSPS) is 9.86. The molecule has 0 aliphatic heterocycles. The first-order valence-corrected chi connectivity index (χ1v) is 4.25. The molecule has 0 atom stereocenters. The van der Waals surface area contributed by atoms with Gasteiger partial charge in [-0.05, 0) is 19.0 Å². The number of nitrogens with two attached hydrogens (primary N) is 1. The van der Waals surface area contributed by atoms with E-state index in [4.69, 9.17) is 15.2 Å². The average molecular weight is 200 g/mol. The molecule has 0 bridgehead atoms. The van der Waals surface area contributed by atoms with Gasteiger partial charge < -0.3 is 19.7 Å². The van der Waals surface area contributed by atoms with Crippen LogP contribution in [0.1, 0.15) is 24.2 Å². The maximum atomic E-state index is 11.3. The summed E-state index contributed by atoms with van der Waals surface area (Å²) in [5, 5.41) is 3.49. The van der Waals surface area contributed by atoms with Crippen LogP contribution in [-0.4, -0.2) is 24.3 Å². The monoisotopic (exact) mass is 200 g/mol. The van der Waals surface area contributed by atoms with Crippen molar-refractivity contribution >= 4 is 11.9 Å². The van der Waals surface area contributed by atoms with Gasteiger partial charge in [0.25, 0.3) is 5.88 Å². The third-order valence-corrected chi connectivity index (χ3v) is 1.45. The van der Waals surface area contributed by atoms with Crippen molar-refractivity contribution in [3.8, 4) is 5.88 Å². The quantitative estimate of drug-likeness (QED) is 0.724. The van der Waals surface area contributed by atoms with Crippen molar-refractivity contribution < 1.29 is 18.8 Å². The Morgan fingerprint density at radius 3 is 2.79 bits per heavy atom. The summed E-state index contributed by atoms with van der Waals surface area (Å²) in [5.74, 6) is -0.606. The Hall–Kier alpha value is -1.72. The molecule has 0 saturated carbocycles. The molecule has 0 unspecified atom stereocenters. The molecule has 78 valence electrons. The Bertz CT molecular complexity index is 321.